The zero-order valence-corrected chi connectivity index (χ0v) is 11.5. The highest BCUT2D eigenvalue weighted by Crippen LogP contribution is 2.59. The fourth-order valence-corrected chi connectivity index (χ4v) is 3.31. The maximum absolute atomic E-state index is 12.4. The van der Waals surface area contributed by atoms with Crippen LogP contribution in [0.3, 0.4) is 0 Å². The third kappa shape index (κ3) is 2.09. The zero-order chi connectivity index (χ0) is 14.3. The molecule has 1 saturated carbocycles. The van der Waals surface area contributed by atoms with E-state index in [-0.39, 0.29) is 23.3 Å². The van der Waals surface area contributed by atoms with E-state index < -0.39 is 5.97 Å². The van der Waals surface area contributed by atoms with Crippen LogP contribution in [0.4, 0.5) is 0 Å². The Hall–Kier alpha value is -1.85. The second kappa shape index (κ2) is 4.61. The summed E-state index contributed by atoms with van der Waals surface area (Å²) in [6.45, 7) is 3.17. The largest absolute Gasteiger partial charge is 0.481 e. The van der Waals surface area contributed by atoms with Crippen LogP contribution in [-0.2, 0) is 9.59 Å². The maximum atomic E-state index is 12.4. The number of hydrogen-bond donors (Lipinski definition) is 1. The molecule has 1 aliphatic carbocycles. The number of rotatable bonds is 3. The first-order chi connectivity index (χ1) is 9.53. The lowest BCUT2D eigenvalue weighted by Crippen LogP contribution is -2.43. The minimum absolute atomic E-state index is 0.0302. The first-order valence-electron chi connectivity index (χ1n) is 7.04. The van der Waals surface area contributed by atoms with Crippen molar-refractivity contribution < 1.29 is 14.7 Å². The second-order valence-electron chi connectivity index (χ2n) is 5.94. The summed E-state index contributed by atoms with van der Waals surface area (Å²) < 4.78 is 1.66. The Balaban J connectivity index is 1.59. The third-order valence-electron chi connectivity index (χ3n) is 4.84. The first-order valence-corrected chi connectivity index (χ1v) is 7.04. The van der Waals surface area contributed by atoms with Crippen molar-refractivity contribution in [1.82, 2.24) is 14.7 Å². The predicted molar refractivity (Wildman–Crippen MR) is 70.9 cm³/mol. The van der Waals surface area contributed by atoms with E-state index >= 15 is 0 Å². The van der Waals surface area contributed by atoms with Crippen LogP contribution in [0.5, 0.6) is 0 Å². The number of hydrogen-bond acceptors (Lipinski definition) is 3. The van der Waals surface area contributed by atoms with Gasteiger partial charge in [-0.25, -0.2) is 0 Å². The van der Waals surface area contributed by atoms with Gasteiger partial charge in [-0.15, -0.1) is 0 Å². The van der Waals surface area contributed by atoms with Gasteiger partial charge in [0.15, 0.2) is 0 Å². The lowest BCUT2D eigenvalue weighted by molar-refractivity contribution is -0.140. The van der Waals surface area contributed by atoms with Gasteiger partial charge in [0.2, 0.25) is 5.91 Å². The summed E-state index contributed by atoms with van der Waals surface area (Å²) >= 11 is 0. The van der Waals surface area contributed by atoms with Gasteiger partial charge in [-0.05, 0) is 37.7 Å². The number of likely N-dealkylation sites (tertiary alicyclic amines) is 1. The number of aromatic nitrogens is 2. The van der Waals surface area contributed by atoms with Crippen molar-refractivity contribution in [3.8, 4) is 0 Å². The Kier molecular flexibility index (Phi) is 3.03. The lowest BCUT2D eigenvalue weighted by Gasteiger charge is -2.34. The van der Waals surface area contributed by atoms with E-state index in [1.165, 1.54) is 0 Å². The van der Waals surface area contributed by atoms with Crippen molar-refractivity contribution in [3.05, 3.63) is 18.5 Å². The highest BCUT2D eigenvalue weighted by molar-refractivity contribution is 5.80. The van der Waals surface area contributed by atoms with Crippen LogP contribution < -0.4 is 0 Å². The van der Waals surface area contributed by atoms with Crippen molar-refractivity contribution >= 4 is 11.9 Å². The number of piperidine rings is 1. The van der Waals surface area contributed by atoms with Crippen LogP contribution in [0.2, 0.25) is 0 Å². The van der Waals surface area contributed by atoms with E-state index in [0.717, 1.165) is 19.3 Å². The topological polar surface area (TPSA) is 75.4 Å². The van der Waals surface area contributed by atoms with Crippen LogP contribution in [0, 0.1) is 11.3 Å². The number of nitrogens with zero attached hydrogens (tertiary/aromatic N) is 3. The van der Waals surface area contributed by atoms with E-state index in [4.69, 9.17) is 5.11 Å². The van der Waals surface area contributed by atoms with Gasteiger partial charge in [0, 0.05) is 25.5 Å². The molecule has 1 aliphatic heterocycles. The first kappa shape index (κ1) is 13.1. The smallest absolute Gasteiger partial charge is 0.307 e. The molecule has 2 heterocycles. The number of carboxylic acid groups (broad SMARTS) is 1. The molecule has 1 saturated heterocycles. The summed E-state index contributed by atoms with van der Waals surface area (Å²) in [5.74, 6) is -0.811. The number of carboxylic acids is 1. The molecule has 1 aromatic heterocycles. The van der Waals surface area contributed by atoms with Crippen LogP contribution in [0.1, 0.15) is 32.2 Å². The Morgan fingerprint density at radius 1 is 1.40 bits per heavy atom. The van der Waals surface area contributed by atoms with Crippen molar-refractivity contribution in [2.24, 2.45) is 11.3 Å². The predicted octanol–water partition coefficient (Wildman–Crippen LogP) is 1.16. The molecule has 1 N–H and O–H groups in total. The molecular weight excluding hydrogens is 258 g/mol. The van der Waals surface area contributed by atoms with Gasteiger partial charge in [0.1, 0.15) is 6.04 Å². The quantitative estimate of drug-likeness (QED) is 0.899. The van der Waals surface area contributed by atoms with Crippen LogP contribution >= 0.6 is 0 Å². The lowest BCUT2D eigenvalue weighted by atomic mass is 9.90. The molecule has 0 radical (unpaired) electrons. The standard InChI is InChI=1S/C14H19N3O3/c1-10(17-6-2-5-15-17)12(18)16-7-3-14(4-8-16)9-11(14)13(19)20/h2,5-6,10-11H,3-4,7-9H2,1H3,(H,19,20). The van der Waals surface area contributed by atoms with Crippen LogP contribution in [0.15, 0.2) is 18.5 Å². The number of carbonyl (C=O) groups excluding carboxylic acids is 1. The molecule has 2 atom stereocenters. The summed E-state index contributed by atoms with van der Waals surface area (Å²) in [4.78, 5) is 25.3. The molecule has 0 bridgehead atoms. The number of amides is 1. The Morgan fingerprint density at radius 3 is 2.60 bits per heavy atom. The molecular formula is C14H19N3O3. The van der Waals surface area contributed by atoms with Gasteiger partial charge in [-0.1, -0.05) is 0 Å². The Bertz CT molecular complexity index is 518. The molecule has 2 unspecified atom stereocenters. The minimum Gasteiger partial charge on any atom is -0.481 e. The molecule has 6 nitrogen and oxygen atoms in total. The van der Waals surface area contributed by atoms with E-state index in [9.17, 15) is 9.59 Å². The van der Waals surface area contributed by atoms with Gasteiger partial charge < -0.3 is 10.0 Å². The average Bonchev–Trinajstić information content (AvgIpc) is 2.90. The van der Waals surface area contributed by atoms with Crippen molar-refractivity contribution in [1.29, 1.82) is 0 Å². The second-order valence-corrected chi connectivity index (χ2v) is 5.94. The molecule has 0 aromatic carbocycles. The molecule has 3 rings (SSSR count). The van der Waals surface area contributed by atoms with Crippen molar-refractivity contribution in [2.75, 3.05) is 13.1 Å². The maximum Gasteiger partial charge on any atom is 0.307 e. The van der Waals surface area contributed by atoms with Gasteiger partial charge >= 0.3 is 5.97 Å². The minimum atomic E-state index is -0.685. The van der Waals surface area contributed by atoms with Gasteiger partial charge in [-0.3, -0.25) is 14.3 Å². The van der Waals surface area contributed by atoms with Gasteiger partial charge in [0.05, 0.1) is 5.92 Å². The molecule has 2 fully saturated rings. The molecule has 1 aromatic rings. The van der Waals surface area contributed by atoms with Crippen LogP contribution in [0.25, 0.3) is 0 Å². The van der Waals surface area contributed by atoms with E-state index in [0.29, 0.717) is 13.1 Å². The van der Waals surface area contributed by atoms with Crippen molar-refractivity contribution in [3.63, 3.8) is 0 Å². The summed E-state index contributed by atoms with van der Waals surface area (Å²) in [5.41, 5.74) is -0.0302. The molecule has 6 heteroatoms. The summed E-state index contributed by atoms with van der Waals surface area (Å²) in [6, 6.07) is 1.50. The van der Waals surface area contributed by atoms with E-state index in [1.807, 2.05) is 11.8 Å². The Morgan fingerprint density at radius 2 is 2.10 bits per heavy atom. The zero-order valence-electron chi connectivity index (χ0n) is 11.5. The fraction of sp³-hybridized carbons (Fsp3) is 0.643. The number of aliphatic carboxylic acids is 1. The van der Waals surface area contributed by atoms with Crippen molar-refractivity contribution in [2.45, 2.75) is 32.2 Å². The van der Waals surface area contributed by atoms with Gasteiger partial charge in [0.25, 0.3) is 0 Å². The number of carbonyl (C=O) groups is 2. The summed E-state index contributed by atoms with van der Waals surface area (Å²) in [7, 11) is 0. The van der Waals surface area contributed by atoms with E-state index in [1.54, 1.807) is 23.1 Å². The monoisotopic (exact) mass is 277 g/mol. The van der Waals surface area contributed by atoms with Gasteiger partial charge in [-0.2, -0.15) is 5.10 Å². The van der Waals surface area contributed by atoms with Crippen LogP contribution in [-0.4, -0.2) is 44.8 Å². The molecule has 1 amide bonds. The summed E-state index contributed by atoms with van der Waals surface area (Å²) in [6.07, 6.45) is 5.84. The SMILES string of the molecule is CC(C(=O)N1CCC2(CC1)CC2C(=O)O)n1cccn1. The molecule has 108 valence electrons. The average molecular weight is 277 g/mol. The highest BCUT2D eigenvalue weighted by atomic mass is 16.4. The Labute approximate surface area is 117 Å². The summed E-state index contributed by atoms with van der Waals surface area (Å²) in [5, 5.41) is 13.2. The third-order valence-corrected chi connectivity index (χ3v) is 4.84. The molecule has 20 heavy (non-hydrogen) atoms. The van der Waals surface area contributed by atoms with E-state index in [2.05, 4.69) is 5.10 Å². The molecule has 2 aliphatic rings. The fourth-order valence-electron chi connectivity index (χ4n) is 3.31. The highest BCUT2D eigenvalue weighted by Gasteiger charge is 2.59. The normalized spacial score (nSPS) is 25.4. The molecule has 1 spiro atoms.